The zero-order valence-corrected chi connectivity index (χ0v) is 30.2. The maximum atomic E-state index is 13.7. The lowest BCUT2D eigenvalue weighted by molar-refractivity contribution is -0.150. The number of hydrogen-bond donors (Lipinski definition) is 8. The fourth-order valence-corrected chi connectivity index (χ4v) is 7.17. The van der Waals surface area contributed by atoms with Gasteiger partial charge in [-0.25, -0.2) is 4.79 Å². The van der Waals surface area contributed by atoms with E-state index >= 15 is 0 Å². The smallest absolute Gasteiger partial charge is 0.326 e. The summed E-state index contributed by atoms with van der Waals surface area (Å²) in [6, 6.07) is 2.47. The molecule has 54 heavy (non-hydrogen) atoms. The van der Waals surface area contributed by atoms with Gasteiger partial charge in [0.25, 0.3) is 0 Å². The topological polar surface area (TPSA) is 296 Å². The first-order chi connectivity index (χ1) is 25.8. The lowest BCUT2D eigenvalue weighted by Crippen LogP contribution is -2.58. The average molecular weight is 757 g/mol. The van der Waals surface area contributed by atoms with Crippen LogP contribution in [0.1, 0.15) is 56.9 Å². The summed E-state index contributed by atoms with van der Waals surface area (Å²) in [6.07, 6.45) is 3.41. The van der Waals surface area contributed by atoms with E-state index in [0.29, 0.717) is 70.1 Å². The minimum atomic E-state index is -1.45. The van der Waals surface area contributed by atoms with Crippen molar-refractivity contribution in [3.63, 3.8) is 0 Å². The van der Waals surface area contributed by atoms with Crippen molar-refractivity contribution in [2.75, 3.05) is 39.3 Å². The predicted octanol–water partition coefficient (Wildman–Crippen LogP) is -3.25. The van der Waals surface area contributed by atoms with E-state index in [9.17, 15) is 43.8 Å². The number of aliphatic carboxylic acids is 1. The fourth-order valence-electron chi connectivity index (χ4n) is 7.17. The number of carboxylic acids is 1. The first kappa shape index (κ1) is 41.5. The summed E-state index contributed by atoms with van der Waals surface area (Å²) in [4.78, 5) is 99.6. The summed E-state index contributed by atoms with van der Waals surface area (Å²) in [5, 5.41) is 27.1. The second kappa shape index (κ2) is 19.7. The van der Waals surface area contributed by atoms with Gasteiger partial charge < -0.3 is 58.1 Å². The van der Waals surface area contributed by atoms with Crippen molar-refractivity contribution < 1.29 is 43.8 Å². The first-order valence-corrected chi connectivity index (χ1v) is 18.3. The van der Waals surface area contributed by atoms with Crippen LogP contribution in [0.2, 0.25) is 0 Å². The molecule has 0 aromatic heterocycles. The highest BCUT2D eigenvalue weighted by Crippen LogP contribution is 2.26. The number of carboxylic acid groups (broad SMARTS) is 1. The Balaban J connectivity index is 1.35. The maximum absolute atomic E-state index is 13.7. The number of aliphatic imine (C=N–C) groups is 1. The zero-order valence-electron chi connectivity index (χ0n) is 30.2. The number of benzene rings is 1. The van der Waals surface area contributed by atoms with Crippen molar-refractivity contribution in [3.8, 4) is 0 Å². The second-order valence-electron chi connectivity index (χ2n) is 13.7. The Bertz CT molecular complexity index is 1560. The first-order valence-electron chi connectivity index (χ1n) is 18.3. The van der Waals surface area contributed by atoms with E-state index in [4.69, 9.17) is 17.2 Å². The van der Waals surface area contributed by atoms with Crippen LogP contribution in [0, 0.1) is 0 Å². The summed E-state index contributed by atoms with van der Waals surface area (Å²) < 4.78 is 0. The van der Waals surface area contributed by atoms with Gasteiger partial charge in [0.05, 0.1) is 19.2 Å². The van der Waals surface area contributed by atoms with E-state index in [0.717, 1.165) is 4.90 Å². The molecule has 3 aliphatic heterocycles. The SMILES string of the molecule is NC(N)=NCCCC(N)C(=O)N1CCCC1C(=O)N1CCCC1C(=O)NCC(=O)NC(Cc1ccccc1)C(=O)NC(CO)C(=O)N1CCCC1C(=O)O. The monoisotopic (exact) mass is 756 g/mol. The van der Waals surface area contributed by atoms with Crippen molar-refractivity contribution in [2.45, 2.75) is 94.0 Å². The fraction of sp³-hybridized carbons (Fsp3) is 0.600. The Kier molecular flexibility index (Phi) is 15.1. The Morgan fingerprint density at radius 3 is 2.06 bits per heavy atom. The van der Waals surface area contributed by atoms with Gasteiger partial charge in [-0.15, -0.1) is 0 Å². The van der Waals surface area contributed by atoms with Crippen molar-refractivity contribution in [1.82, 2.24) is 30.7 Å². The number of aliphatic hydroxyl groups excluding tert-OH is 1. The van der Waals surface area contributed by atoms with Crippen LogP contribution in [0.3, 0.4) is 0 Å². The lowest BCUT2D eigenvalue weighted by Gasteiger charge is -2.32. The number of likely N-dealkylation sites (tertiary alicyclic amines) is 3. The molecular weight excluding hydrogens is 704 g/mol. The van der Waals surface area contributed by atoms with Gasteiger partial charge in [-0.2, -0.15) is 0 Å². The molecule has 296 valence electrons. The van der Waals surface area contributed by atoms with Gasteiger partial charge in [0, 0.05) is 32.6 Å². The highest BCUT2D eigenvalue weighted by atomic mass is 16.4. The number of amides is 6. The third-order valence-electron chi connectivity index (χ3n) is 9.92. The van der Waals surface area contributed by atoms with E-state index in [2.05, 4.69) is 20.9 Å². The third-order valence-corrected chi connectivity index (χ3v) is 9.92. The maximum Gasteiger partial charge on any atom is 0.326 e. The molecule has 6 unspecified atom stereocenters. The van der Waals surface area contributed by atoms with Gasteiger partial charge in [-0.3, -0.25) is 33.8 Å². The van der Waals surface area contributed by atoms with Crippen LogP contribution in [0.4, 0.5) is 0 Å². The number of rotatable bonds is 17. The summed E-state index contributed by atoms with van der Waals surface area (Å²) >= 11 is 0. The molecule has 3 fully saturated rings. The highest BCUT2D eigenvalue weighted by molar-refractivity contribution is 5.96. The number of guanidine groups is 1. The molecule has 4 rings (SSSR count). The molecule has 11 N–H and O–H groups in total. The molecule has 0 spiro atoms. The molecule has 3 aliphatic rings. The standard InChI is InChI=1S/C35H52N10O9/c36-22(10-4-14-39-35(37)38)31(50)44-16-6-12-26(44)33(52)43-15-5-11-25(43)30(49)40-19-28(47)41-23(18-21-8-2-1-3-9-21)29(48)42-24(20-46)32(51)45-17-7-13-27(45)34(53)54/h1-3,8-9,22-27,46H,4-7,10-20,36H2,(H,40,49)(H,41,47)(H,42,48)(H,53,54)(H4,37,38,39). The molecule has 0 aliphatic carbocycles. The molecule has 3 heterocycles. The summed E-state index contributed by atoms with van der Waals surface area (Å²) in [5.74, 6) is -4.83. The van der Waals surface area contributed by atoms with E-state index in [-0.39, 0.29) is 37.2 Å². The number of carbonyl (C=O) groups is 7. The Morgan fingerprint density at radius 2 is 1.43 bits per heavy atom. The van der Waals surface area contributed by atoms with Crippen LogP contribution in [0.15, 0.2) is 35.3 Å². The van der Waals surface area contributed by atoms with E-state index < -0.39 is 79.0 Å². The van der Waals surface area contributed by atoms with Crippen LogP contribution in [-0.2, 0) is 40.0 Å². The number of nitrogens with zero attached hydrogens (tertiary/aromatic N) is 4. The van der Waals surface area contributed by atoms with Crippen LogP contribution in [0.25, 0.3) is 0 Å². The van der Waals surface area contributed by atoms with Crippen LogP contribution in [-0.4, -0.2) is 148 Å². The van der Waals surface area contributed by atoms with Gasteiger partial charge in [-0.05, 0) is 56.9 Å². The molecule has 0 radical (unpaired) electrons. The quantitative estimate of drug-likeness (QED) is 0.0442. The van der Waals surface area contributed by atoms with E-state index in [1.165, 1.54) is 9.80 Å². The molecular formula is C35H52N10O9. The molecule has 19 nitrogen and oxygen atoms in total. The van der Waals surface area contributed by atoms with Gasteiger partial charge in [-0.1, -0.05) is 30.3 Å². The summed E-state index contributed by atoms with van der Waals surface area (Å²) in [5.41, 5.74) is 17.5. The van der Waals surface area contributed by atoms with E-state index in [1.807, 2.05) is 0 Å². The van der Waals surface area contributed by atoms with Crippen molar-refractivity contribution in [3.05, 3.63) is 35.9 Å². The van der Waals surface area contributed by atoms with Crippen LogP contribution in [0.5, 0.6) is 0 Å². The summed E-state index contributed by atoms with van der Waals surface area (Å²) in [7, 11) is 0. The predicted molar refractivity (Wildman–Crippen MR) is 194 cm³/mol. The largest absolute Gasteiger partial charge is 0.480 e. The van der Waals surface area contributed by atoms with Crippen LogP contribution < -0.4 is 33.2 Å². The Hall–Kier alpha value is -5.30. The zero-order chi connectivity index (χ0) is 39.4. The molecule has 6 atom stereocenters. The Morgan fingerprint density at radius 1 is 0.815 bits per heavy atom. The van der Waals surface area contributed by atoms with Crippen molar-refractivity contribution in [1.29, 1.82) is 0 Å². The number of carbonyl (C=O) groups excluding carboxylic acids is 6. The van der Waals surface area contributed by atoms with Crippen LogP contribution >= 0.6 is 0 Å². The van der Waals surface area contributed by atoms with Crippen molar-refractivity contribution in [2.24, 2.45) is 22.2 Å². The van der Waals surface area contributed by atoms with Crippen molar-refractivity contribution >= 4 is 47.4 Å². The number of hydrogen-bond acceptors (Lipinski definition) is 10. The number of aliphatic hydroxyl groups is 1. The molecule has 0 bridgehead atoms. The molecule has 0 saturated carbocycles. The molecule has 6 amide bonds. The molecule has 3 saturated heterocycles. The third kappa shape index (κ3) is 10.9. The molecule has 1 aromatic rings. The lowest BCUT2D eigenvalue weighted by atomic mass is 10.0. The molecule has 19 heteroatoms. The number of nitrogens with one attached hydrogen (secondary N) is 3. The van der Waals surface area contributed by atoms with Gasteiger partial charge in [0.1, 0.15) is 30.2 Å². The Labute approximate surface area is 313 Å². The minimum Gasteiger partial charge on any atom is -0.480 e. The normalized spacial score (nSPS) is 21.1. The van der Waals surface area contributed by atoms with E-state index in [1.54, 1.807) is 30.3 Å². The summed E-state index contributed by atoms with van der Waals surface area (Å²) in [6.45, 7) is -0.212. The van der Waals surface area contributed by atoms with Gasteiger partial charge in [0.15, 0.2) is 5.96 Å². The van der Waals surface area contributed by atoms with Gasteiger partial charge in [0.2, 0.25) is 35.4 Å². The molecule has 1 aromatic carbocycles. The average Bonchev–Trinajstić information content (AvgIpc) is 3.95. The number of nitrogens with two attached hydrogens (primary N) is 3. The highest BCUT2D eigenvalue weighted by Gasteiger charge is 2.43. The minimum absolute atomic E-state index is 0.00159. The van der Waals surface area contributed by atoms with Gasteiger partial charge >= 0.3 is 5.97 Å². The second-order valence-corrected chi connectivity index (χ2v) is 13.7.